The number of methoxy groups -OCH3 is 2. The van der Waals surface area contributed by atoms with E-state index in [0.29, 0.717) is 11.3 Å². The Kier molecular flexibility index (Phi) is 7.22. The van der Waals surface area contributed by atoms with Crippen molar-refractivity contribution in [2.24, 2.45) is 0 Å². The molecule has 0 spiro atoms. The summed E-state index contributed by atoms with van der Waals surface area (Å²) in [5.41, 5.74) is -0.330. The zero-order valence-corrected chi connectivity index (χ0v) is 15.7. The first kappa shape index (κ1) is 22.2. The Hall–Kier alpha value is -3.07. The van der Waals surface area contributed by atoms with Gasteiger partial charge in [0, 0.05) is 6.42 Å². The summed E-state index contributed by atoms with van der Waals surface area (Å²) < 4.78 is 47.8. The standard InChI is InChI=1S/C20H20F3NO5/c1-28-16-6-4-3-5-13(16)11-15(19(27)29-2)24-18(26)17(25)12-7-9-14(10-8-12)20(21,22)23/h3-10,15,17,25H,11H2,1-2H3,(H,24,26)/t15-,17+/m1/s1. The summed E-state index contributed by atoms with van der Waals surface area (Å²) in [5.74, 6) is -1.20. The molecule has 0 bridgehead atoms. The molecule has 29 heavy (non-hydrogen) atoms. The molecule has 0 aromatic heterocycles. The summed E-state index contributed by atoms with van der Waals surface area (Å²) in [6.45, 7) is 0. The van der Waals surface area contributed by atoms with Gasteiger partial charge in [-0.25, -0.2) is 4.79 Å². The Morgan fingerprint density at radius 1 is 1.07 bits per heavy atom. The zero-order chi connectivity index (χ0) is 21.6. The zero-order valence-electron chi connectivity index (χ0n) is 15.7. The maximum atomic E-state index is 12.6. The molecule has 0 aliphatic heterocycles. The summed E-state index contributed by atoms with van der Waals surface area (Å²) in [5, 5.41) is 12.6. The van der Waals surface area contributed by atoms with E-state index in [9.17, 15) is 27.9 Å². The van der Waals surface area contributed by atoms with E-state index in [4.69, 9.17) is 9.47 Å². The third-order valence-corrected chi connectivity index (χ3v) is 4.22. The van der Waals surface area contributed by atoms with Gasteiger partial charge in [-0.1, -0.05) is 30.3 Å². The van der Waals surface area contributed by atoms with Crippen molar-refractivity contribution in [2.45, 2.75) is 24.7 Å². The second-order valence-electron chi connectivity index (χ2n) is 6.12. The van der Waals surface area contributed by atoms with E-state index in [-0.39, 0.29) is 12.0 Å². The van der Waals surface area contributed by atoms with E-state index in [1.807, 2.05) is 0 Å². The Labute approximate surface area is 165 Å². The van der Waals surface area contributed by atoms with E-state index in [1.165, 1.54) is 7.11 Å². The van der Waals surface area contributed by atoms with E-state index >= 15 is 0 Å². The number of carbonyl (C=O) groups excluding carboxylic acids is 2. The normalized spacial score (nSPS) is 13.3. The topological polar surface area (TPSA) is 84.9 Å². The molecule has 9 heteroatoms. The molecule has 1 amide bonds. The monoisotopic (exact) mass is 411 g/mol. The lowest BCUT2D eigenvalue weighted by Gasteiger charge is -2.20. The molecule has 156 valence electrons. The molecule has 2 rings (SSSR count). The van der Waals surface area contributed by atoms with Gasteiger partial charge in [0.25, 0.3) is 5.91 Å². The van der Waals surface area contributed by atoms with Crippen LogP contribution in [0.15, 0.2) is 48.5 Å². The number of rotatable bonds is 7. The number of ether oxygens (including phenoxy) is 2. The quantitative estimate of drug-likeness (QED) is 0.685. The molecule has 2 N–H and O–H groups in total. The second-order valence-corrected chi connectivity index (χ2v) is 6.12. The van der Waals surface area contributed by atoms with Crippen molar-refractivity contribution in [3.8, 4) is 5.75 Å². The van der Waals surface area contributed by atoms with Crippen molar-refractivity contribution in [3.63, 3.8) is 0 Å². The number of amides is 1. The lowest BCUT2D eigenvalue weighted by atomic mass is 10.0. The third kappa shape index (κ3) is 5.71. The molecule has 0 aliphatic carbocycles. The van der Waals surface area contributed by atoms with Gasteiger partial charge in [0.1, 0.15) is 11.8 Å². The summed E-state index contributed by atoms with van der Waals surface area (Å²) >= 11 is 0. The van der Waals surface area contributed by atoms with Crippen LogP contribution in [0.4, 0.5) is 13.2 Å². The van der Waals surface area contributed by atoms with Gasteiger partial charge in [-0.05, 0) is 29.3 Å². The first-order chi connectivity index (χ1) is 13.7. The van der Waals surface area contributed by atoms with Gasteiger partial charge in [0.15, 0.2) is 6.10 Å². The summed E-state index contributed by atoms with van der Waals surface area (Å²) in [6.07, 6.45) is -6.26. The van der Waals surface area contributed by atoms with Gasteiger partial charge in [-0.15, -0.1) is 0 Å². The van der Waals surface area contributed by atoms with Gasteiger partial charge in [-0.2, -0.15) is 13.2 Å². The van der Waals surface area contributed by atoms with Crippen molar-refractivity contribution in [1.82, 2.24) is 5.32 Å². The Bertz CT molecular complexity index is 852. The number of halogens is 3. The minimum atomic E-state index is -4.53. The highest BCUT2D eigenvalue weighted by atomic mass is 19.4. The third-order valence-electron chi connectivity index (χ3n) is 4.22. The minimum absolute atomic E-state index is 0.0299. The Morgan fingerprint density at radius 2 is 1.69 bits per heavy atom. The summed E-state index contributed by atoms with van der Waals surface area (Å²) in [6, 6.07) is 9.24. The van der Waals surface area contributed by atoms with Crippen LogP contribution in [0.1, 0.15) is 22.8 Å². The number of benzene rings is 2. The van der Waals surface area contributed by atoms with E-state index in [0.717, 1.165) is 31.4 Å². The highest BCUT2D eigenvalue weighted by molar-refractivity contribution is 5.87. The number of para-hydroxylation sites is 1. The van der Waals surface area contributed by atoms with Crippen LogP contribution >= 0.6 is 0 Å². The number of aliphatic hydroxyl groups excluding tert-OH is 1. The smallest absolute Gasteiger partial charge is 0.416 e. The molecule has 0 aliphatic rings. The molecule has 0 fully saturated rings. The number of esters is 1. The van der Waals surface area contributed by atoms with Crippen molar-refractivity contribution in [1.29, 1.82) is 0 Å². The maximum Gasteiger partial charge on any atom is 0.416 e. The number of hydrogen-bond donors (Lipinski definition) is 2. The fourth-order valence-corrected chi connectivity index (χ4v) is 2.68. The molecule has 6 nitrogen and oxygen atoms in total. The van der Waals surface area contributed by atoms with Gasteiger partial charge in [0.05, 0.1) is 19.8 Å². The van der Waals surface area contributed by atoms with Crippen molar-refractivity contribution < 1.29 is 37.3 Å². The molecular formula is C20H20F3NO5. The summed E-state index contributed by atoms with van der Waals surface area (Å²) in [7, 11) is 2.61. The molecule has 0 unspecified atom stereocenters. The number of alkyl halides is 3. The average molecular weight is 411 g/mol. The molecule has 0 saturated carbocycles. The fourth-order valence-electron chi connectivity index (χ4n) is 2.68. The molecule has 2 aromatic rings. The molecule has 2 atom stereocenters. The molecule has 0 saturated heterocycles. The number of nitrogens with one attached hydrogen (secondary N) is 1. The van der Waals surface area contributed by atoms with Crippen molar-refractivity contribution >= 4 is 11.9 Å². The highest BCUT2D eigenvalue weighted by Gasteiger charge is 2.31. The number of carbonyl (C=O) groups is 2. The molecule has 0 radical (unpaired) electrons. The second kappa shape index (κ2) is 9.42. The number of hydrogen-bond acceptors (Lipinski definition) is 5. The van der Waals surface area contributed by atoms with Crippen molar-refractivity contribution in [2.75, 3.05) is 14.2 Å². The van der Waals surface area contributed by atoms with Crippen molar-refractivity contribution in [3.05, 3.63) is 65.2 Å². The van der Waals surface area contributed by atoms with Gasteiger partial charge in [0.2, 0.25) is 0 Å². The van der Waals surface area contributed by atoms with Gasteiger partial charge < -0.3 is 19.9 Å². The lowest BCUT2D eigenvalue weighted by Crippen LogP contribution is -2.45. The Morgan fingerprint density at radius 3 is 2.24 bits per heavy atom. The predicted molar refractivity (Wildman–Crippen MR) is 97.0 cm³/mol. The van der Waals surface area contributed by atoms with Crippen LogP contribution in [0.25, 0.3) is 0 Å². The van der Waals surface area contributed by atoms with Crippen LogP contribution in [0, 0.1) is 0 Å². The SMILES string of the molecule is COC(=O)[C@@H](Cc1ccccc1OC)NC(=O)[C@@H](O)c1ccc(C(F)(F)F)cc1. The van der Waals surface area contributed by atoms with Crippen LogP contribution in [0.3, 0.4) is 0 Å². The lowest BCUT2D eigenvalue weighted by molar-refractivity contribution is -0.146. The minimum Gasteiger partial charge on any atom is -0.496 e. The maximum absolute atomic E-state index is 12.6. The predicted octanol–water partition coefficient (Wildman–Crippen LogP) is 2.65. The van der Waals surface area contributed by atoms with E-state index < -0.39 is 35.8 Å². The summed E-state index contributed by atoms with van der Waals surface area (Å²) in [4.78, 5) is 24.5. The fraction of sp³-hybridized carbons (Fsp3) is 0.300. The van der Waals surface area contributed by atoms with E-state index in [1.54, 1.807) is 24.3 Å². The van der Waals surface area contributed by atoms with Gasteiger partial charge >= 0.3 is 12.1 Å². The number of aliphatic hydroxyl groups is 1. The van der Waals surface area contributed by atoms with Crippen LogP contribution in [-0.2, 0) is 26.9 Å². The molecule has 2 aromatic carbocycles. The van der Waals surface area contributed by atoms with E-state index in [2.05, 4.69) is 5.32 Å². The highest BCUT2D eigenvalue weighted by Crippen LogP contribution is 2.30. The Balaban J connectivity index is 2.16. The van der Waals surface area contributed by atoms with Crippen LogP contribution in [0.5, 0.6) is 5.75 Å². The average Bonchev–Trinajstić information content (AvgIpc) is 2.71. The van der Waals surface area contributed by atoms with Crippen LogP contribution in [-0.4, -0.2) is 37.2 Å². The van der Waals surface area contributed by atoms with Gasteiger partial charge in [-0.3, -0.25) is 4.79 Å². The first-order valence-corrected chi connectivity index (χ1v) is 8.52. The first-order valence-electron chi connectivity index (χ1n) is 8.52. The molecular weight excluding hydrogens is 391 g/mol. The largest absolute Gasteiger partial charge is 0.496 e. The molecule has 0 heterocycles. The van der Waals surface area contributed by atoms with Crippen LogP contribution < -0.4 is 10.1 Å². The van der Waals surface area contributed by atoms with Crippen LogP contribution in [0.2, 0.25) is 0 Å².